The van der Waals surface area contributed by atoms with Gasteiger partial charge in [-0.05, 0) is 31.4 Å². The maximum Gasteiger partial charge on any atom is 0.344 e. The highest BCUT2D eigenvalue weighted by molar-refractivity contribution is 7.91. The lowest BCUT2D eigenvalue weighted by atomic mass is 10.1. The molecule has 1 aliphatic rings. The zero-order valence-corrected chi connectivity index (χ0v) is 15.0. The third kappa shape index (κ3) is 6.16. The number of hydrogen-bond donors (Lipinski definition) is 3. The summed E-state index contributed by atoms with van der Waals surface area (Å²) in [4.78, 5) is 0. The van der Waals surface area contributed by atoms with Crippen molar-refractivity contribution in [3.05, 3.63) is 23.8 Å². The second-order valence-electron chi connectivity index (χ2n) is 5.31. The first-order chi connectivity index (χ1) is 11.7. The highest BCUT2D eigenvalue weighted by Gasteiger charge is 2.24. The van der Waals surface area contributed by atoms with Crippen molar-refractivity contribution in [1.82, 2.24) is 0 Å². The quantitative estimate of drug-likeness (QED) is 0.506. The van der Waals surface area contributed by atoms with Gasteiger partial charge in [0.2, 0.25) is 0 Å². The van der Waals surface area contributed by atoms with E-state index in [-0.39, 0.29) is 12.4 Å². The van der Waals surface area contributed by atoms with Gasteiger partial charge in [-0.2, -0.15) is 16.8 Å². The Kier molecular flexibility index (Phi) is 6.21. The standard InChI is InChI=1S/C13H20N4O6S2/c14-13-12-10(16-25(20,21)17-13)6-5-7-11(12)22-8-3-1-2-4-9-23-24(15,18)19/h5-7,16H,1-4,8-9H2,(H2,14,17)(H2,15,18,19). The van der Waals surface area contributed by atoms with Crippen LogP contribution in [0.15, 0.2) is 22.6 Å². The van der Waals surface area contributed by atoms with Gasteiger partial charge in [-0.25, -0.2) is 5.14 Å². The van der Waals surface area contributed by atoms with Crippen molar-refractivity contribution in [2.45, 2.75) is 25.7 Å². The fraction of sp³-hybridized carbons (Fsp3) is 0.462. The zero-order valence-electron chi connectivity index (χ0n) is 13.3. The molecule has 0 aliphatic carbocycles. The number of benzene rings is 1. The molecule has 0 fully saturated rings. The van der Waals surface area contributed by atoms with Crippen LogP contribution in [0.5, 0.6) is 5.75 Å². The van der Waals surface area contributed by atoms with Crippen molar-refractivity contribution in [3.63, 3.8) is 0 Å². The highest BCUT2D eigenvalue weighted by Crippen LogP contribution is 2.30. The Morgan fingerprint density at radius 1 is 1.12 bits per heavy atom. The van der Waals surface area contributed by atoms with Crippen LogP contribution in [0, 0.1) is 0 Å². The van der Waals surface area contributed by atoms with Crippen LogP contribution in [0.25, 0.3) is 0 Å². The molecule has 10 nitrogen and oxygen atoms in total. The molecule has 12 heteroatoms. The summed E-state index contributed by atoms with van der Waals surface area (Å²) in [6, 6.07) is 4.91. The molecule has 1 aliphatic heterocycles. The van der Waals surface area contributed by atoms with Crippen LogP contribution in [0.3, 0.4) is 0 Å². The molecular weight excluding hydrogens is 372 g/mol. The van der Waals surface area contributed by atoms with Crippen LogP contribution in [-0.2, 0) is 24.7 Å². The second-order valence-corrected chi connectivity index (χ2v) is 7.87. The summed E-state index contributed by atoms with van der Waals surface area (Å²) in [6.45, 7) is 0.450. The number of hydrogen-bond acceptors (Lipinski definition) is 7. The van der Waals surface area contributed by atoms with Gasteiger partial charge in [-0.15, -0.1) is 4.40 Å². The molecule has 1 heterocycles. The largest absolute Gasteiger partial charge is 0.493 e. The third-order valence-corrected chi connectivity index (χ3v) is 4.69. The summed E-state index contributed by atoms with van der Waals surface area (Å²) < 4.78 is 60.0. The summed E-state index contributed by atoms with van der Waals surface area (Å²) in [5.41, 5.74) is 6.46. The van der Waals surface area contributed by atoms with Crippen molar-refractivity contribution in [3.8, 4) is 5.75 Å². The van der Waals surface area contributed by atoms with E-state index in [4.69, 9.17) is 15.6 Å². The van der Waals surface area contributed by atoms with Crippen LogP contribution in [0.4, 0.5) is 5.69 Å². The number of unbranched alkanes of at least 4 members (excludes halogenated alkanes) is 3. The normalized spacial score (nSPS) is 15.8. The van der Waals surface area contributed by atoms with Gasteiger partial charge in [0.05, 0.1) is 24.5 Å². The molecule has 2 rings (SSSR count). The Labute approximate surface area is 146 Å². The molecule has 0 unspecified atom stereocenters. The SMILES string of the molecule is NC1=NS(=O)(=O)Nc2cccc(OCCCCCCOS(N)(=O)=O)c21. The summed E-state index contributed by atoms with van der Waals surface area (Å²) in [5, 5.41) is 4.71. The molecule has 5 N–H and O–H groups in total. The molecule has 140 valence electrons. The van der Waals surface area contributed by atoms with Crippen molar-refractivity contribution < 1.29 is 25.8 Å². The van der Waals surface area contributed by atoms with E-state index < -0.39 is 20.5 Å². The van der Waals surface area contributed by atoms with Crippen molar-refractivity contribution in [2.75, 3.05) is 17.9 Å². The fourth-order valence-electron chi connectivity index (χ4n) is 2.25. The topological polar surface area (TPSA) is 163 Å². The van der Waals surface area contributed by atoms with Crippen molar-refractivity contribution in [1.29, 1.82) is 0 Å². The van der Waals surface area contributed by atoms with E-state index in [1.807, 2.05) is 0 Å². The van der Waals surface area contributed by atoms with Crippen LogP contribution in [0.2, 0.25) is 0 Å². The number of ether oxygens (including phenoxy) is 1. The van der Waals surface area contributed by atoms with Crippen LogP contribution in [0.1, 0.15) is 31.2 Å². The summed E-state index contributed by atoms with van der Waals surface area (Å²) in [5.74, 6) is 0.322. The van der Waals surface area contributed by atoms with Crippen LogP contribution >= 0.6 is 0 Å². The van der Waals surface area contributed by atoms with E-state index >= 15 is 0 Å². The molecular formula is C13H20N4O6S2. The highest BCUT2D eigenvalue weighted by atomic mass is 32.2. The lowest BCUT2D eigenvalue weighted by Gasteiger charge is -2.19. The maximum absolute atomic E-state index is 11.5. The number of nitrogens with two attached hydrogens (primary N) is 2. The molecule has 0 saturated heterocycles. The summed E-state index contributed by atoms with van der Waals surface area (Å²) >= 11 is 0. The molecule has 0 aromatic heterocycles. The van der Waals surface area contributed by atoms with Gasteiger partial charge < -0.3 is 10.5 Å². The average molecular weight is 392 g/mol. The van der Waals surface area contributed by atoms with E-state index in [9.17, 15) is 16.8 Å². The minimum atomic E-state index is -3.88. The van der Waals surface area contributed by atoms with E-state index in [0.717, 1.165) is 19.3 Å². The number of nitrogens with one attached hydrogen (secondary N) is 1. The van der Waals surface area contributed by atoms with Crippen LogP contribution in [-0.4, -0.2) is 35.9 Å². The van der Waals surface area contributed by atoms with E-state index in [1.54, 1.807) is 18.2 Å². The van der Waals surface area contributed by atoms with Gasteiger partial charge in [-0.3, -0.25) is 8.91 Å². The molecule has 0 amide bonds. The smallest absolute Gasteiger partial charge is 0.344 e. The van der Waals surface area contributed by atoms with Gasteiger partial charge in [0.25, 0.3) is 0 Å². The molecule has 0 bridgehead atoms. The summed E-state index contributed by atoms with van der Waals surface area (Å²) in [7, 11) is -7.69. The predicted molar refractivity (Wildman–Crippen MR) is 92.7 cm³/mol. The number of anilines is 1. The monoisotopic (exact) mass is 392 g/mol. The van der Waals surface area contributed by atoms with Gasteiger partial charge in [-0.1, -0.05) is 12.5 Å². The minimum Gasteiger partial charge on any atom is -0.493 e. The van der Waals surface area contributed by atoms with Gasteiger partial charge in [0.1, 0.15) is 5.75 Å². The fourth-order valence-corrected chi connectivity index (χ4v) is 3.45. The summed E-state index contributed by atoms with van der Waals surface area (Å²) in [6.07, 6.45) is 2.86. The first-order valence-corrected chi connectivity index (χ1v) is 10.4. The third-order valence-electron chi connectivity index (χ3n) is 3.28. The van der Waals surface area contributed by atoms with E-state index in [0.29, 0.717) is 30.0 Å². The molecule has 1 aromatic rings. The lowest BCUT2D eigenvalue weighted by Crippen LogP contribution is -2.27. The predicted octanol–water partition coefficient (Wildman–Crippen LogP) is 0.222. The lowest BCUT2D eigenvalue weighted by molar-refractivity contribution is 0.289. The molecule has 1 aromatic carbocycles. The maximum atomic E-state index is 11.5. The first-order valence-electron chi connectivity index (χ1n) is 7.49. The second kappa shape index (κ2) is 7.99. The van der Waals surface area contributed by atoms with Crippen molar-refractivity contribution in [2.24, 2.45) is 15.3 Å². The zero-order chi connectivity index (χ0) is 18.5. The molecule has 0 radical (unpaired) electrons. The van der Waals surface area contributed by atoms with Gasteiger partial charge in [0.15, 0.2) is 5.84 Å². The Morgan fingerprint density at radius 3 is 2.48 bits per heavy atom. The van der Waals surface area contributed by atoms with Gasteiger partial charge >= 0.3 is 20.5 Å². The Bertz CT molecular complexity index is 851. The van der Waals surface area contributed by atoms with Crippen molar-refractivity contribution >= 4 is 32.0 Å². The van der Waals surface area contributed by atoms with E-state index in [1.165, 1.54) is 0 Å². The number of nitrogens with zero attached hydrogens (tertiary/aromatic N) is 1. The number of rotatable bonds is 9. The molecule has 0 spiro atoms. The van der Waals surface area contributed by atoms with Crippen LogP contribution < -0.4 is 20.3 Å². The Hall–Kier alpha value is -1.89. The molecule has 0 atom stereocenters. The Morgan fingerprint density at radius 2 is 1.80 bits per heavy atom. The number of fused-ring (bicyclic) bond motifs is 1. The Balaban J connectivity index is 1.80. The molecule has 25 heavy (non-hydrogen) atoms. The average Bonchev–Trinajstić information content (AvgIpc) is 2.47. The van der Waals surface area contributed by atoms with Gasteiger partial charge in [0, 0.05) is 0 Å². The first kappa shape index (κ1) is 19.4. The minimum absolute atomic E-state index is 0.0546. The number of amidine groups is 1. The van der Waals surface area contributed by atoms with E-state index in [2.05, 4.69) is 13.3 Å². The molecule has 0 saturated carbocycles.